The van der Waals surface area contributed by atoms with Gasteiger partial charge in [-0.1, -0.05) is 18.2 Å². The summed E-state index contributed by atoms with van der Waals surface area (Å²) in [6.45, 7) is 2.95. The second kappa shape index (κ2) is 5.56. The average Bonchev–Trinajstić information content (AvgIpc) is 2.80. The molecule has 1 fully saturated rings. The second-order valence-electron chi connectivity index (χ2n) is 4.31. The van der Waals surface area contributed by atoms with E-state index in [0.29, 0.717) is 6.10 Å². The first kappa shape index (κ1) is 12.5. The molecule has 1 atom stereocenters. The first-order valence-electron chi connectivity index (χ1n) is 5.87. The SMILES string of the molecule is Cc1cccc(C(=N)N)c1SCC1CCCO1. The molecular formula is C13H18N2OS. The molecule has 17 heavy (non-hydrogen) atoms. The molecule has 0 amide bonds. The number of nitrogen functional groups attached to an aromatic ring is 1. The Balaban J connectivity index is 2.10. The number of hydrogen-bond acceptors (Lipinski definition) is 3. The Morgan fingerprint density at radius 2 is 2.41 bits per heavy atom. The molecule has 3 N–H and O–H groups in total. The van der Waals surface area contributed by atoms with Gasteiger partial charge in [-0.3, -0.25) is 5.41 Å². The minimum atomic E-state index is 0.142. The Morgan fingerprint density at radius 1 is 1.59 bits per heavy atom. The Kier molecular flexibility index (Phi) is 4.07. The topological polar surface area (TPSA) is 59.1 Å². The van der Waals surface area contributed by atoms with Crippen LogP contribution in [0, 0.1) is 12.3 Å². The fourth-order valence-corrected chi connectivity index (χ4v) is 3.25. The lowest BCUT2D eigenvalue weighted by Gasteiger charge is -2.13. The number of hydrogen-bond donors (Lipinski definition) is 2. The molecule has 3 nitrogen and oxygen atoms in total. The molecule has 1 saturated heterocycles. The van der Waals surface area contributed by atoms with Crippen LogP contribution >= 0.6 is 11.8 Å². The van der Waals surface area contributed by atoms with E-state index in [0.717, 1.165) is 29.2 Å². The maximum Gasteiger partial charge on any atom is 0.123 e. The van der Waals surface area contributed by atoms with E-state index in [2.05, 4.69) is 13.0 Å². The highest BCUT2D eigenvalue weighted by Crippen LogP contribution is 2.29. The van der Waals surface area contributed by atoms with Crippen LogP contribution in [-0.2, 0) is 4.74 Å². The highest BCUT2D eigenvalue weighted by Gasteiger charge is 2.17. The summed E-state index contributed by atoms with van der Waals surface area (Å²) in [7, 11) is 0. The van der Waals surface area contributed by atoms with Gasteiger partial charge in [-0.05, 0) is 25.3 Å². The van der Waals surface area contributed by atoms with Crippen LogP contribution < -0.4 is 5.73 Å². The summed E-state index contributed by atoms with van der Waals surface area (Å²) < 4.78 is 5.61. The molecule has 2 rings (SSSR count). The van der Waals surface area contributed by atoms with Crippen LogP contribution in [0.1, 0.15) is 24.0 Å². The Hall–Kier alpha value is -1.00. The van der Waals surface area contributed by atoms with E-state index in [1.54, 1.807) is 11.8 Å². The summed E-state index contributed by atoms with van der Waals surface area (Å²) in [6, 6.07) is 5.92. The molecular weight excluding hydrogens is 232 g/mol. The normalized spacial score (nSPS) is 19.5. The summed E-state index contributed by atoms with van der Waals surface area (Å²) in [5.41, 5.74) is 7.63. The van der Waals surface area contributed by atoms with Crippen molar-refractivity contribution in [3.8, 4) is 0 Å². The van der Waals surface area contributed by atoms with Crippen LogP contribution in [0.4, 0.5) is 0 Å². The third-order valence-corrected chi connectivity index (χ3v) is 4.31. The number of nitrogens with two attached hydrogens (primary N) is 1. The third kappa shape index (κ3) is 3.01. The van der Waals surface area contributed by atoms with Gasteiger partial charge >= 0.3 is 0 Å². The van der Waals surface area contributed by atoms with E-state index in [1.807, 2.05) is 12.1 Å². The molecule has 4 heteroatoms. The lowest BCUT2D eigenvalue weighted by molar-refractivity contribution is 0.129. The van der Waals surface area contributed by atoms with Crippen molar-refractivity contribution in [1.82, 2.24) is 0 Å². The fourth-order valence-electron chi connectivity index (χ4n) is 2.01. The number of nitrogens with one attached hydrogen (secondary N) is 1. The van der Waals surface area contributed by atoms with Crippen molar-refractivity contribution in [2.45, 2.75) is 30.8 Å². The van der Waals surface area contributed by atoms with Crippen molar-refractivity contribution >= 4 is 17.6 Å². The predicted octanol–water partition coefficient (Wildman–Crippen LogP) is 2.55. The fraction of sp³-hybridized carbons (Fsp3) is 0.462. The lowest BCUT2D eigenvalue weighted by atomic mass is 10.1. The standard InChI is InChI=1S/C13H18N2OS/c1-9-4-2-6-11(13(14)15)12(9)17-8-10-5-3-7-16-10/h2,4,6,10H,3,5,7-8H2,1H3,(H3,14,15). The van der Waals surface area contributed by atoms with Gasteiger partial charge in [-0.2, -0.15) is 0 Å². The zero-order valence-corrected chi connectivity index (χ0v) is 10.8. The zero-order chi connectivity index (χ0) is 12.3. The van der Waals surface area contributed by atoms with Gasteiger partial charge in [0.1, 0.15) is 5.84 Å². The monoisotopic (exact) mass is 250 g/mol. The van der Waals surface area contributed by atoms with Crippen molar-refractivity contribution in [2.75, 3.05) is 12.4 Å². The highest BCUT2D eigenvalue weighted by molar-refractivity contribution is 7.99. The minimum absolute atomic E-state index is 0.142. The van der Waals surface area contributed by atoms with Crippen LogP contribution in [0.3, 0.4) is 0 Å². The third-order valence-electron chi connectivity index (χ3n) is 2.94. The first-order chi connectivity index (χ1) is 8.18. The number of benzene rings is 1. The molecule has 0 aliphatic carbocycles. The van der Waals surface area contributed by atoms with Crippen LogP contribution in [-0.4, -0.2) is 24.3 Å². The first-order valence-corrected chi connectivity index (χ1v) is 6.85. The molecule has 1 aromatic rings. The maximum absolute atomic E-state index is 7.59. The molecule has 0 radical (unpaired) electrons. The molecule has 1 heterocycles. The van der Waals surface area contributed by atoms with Crippen LogP contribution in [0.25, 0.3) is 0 Å². The summed E-state index contributed by atoms with van der Waals surface area (Å²) in [4.78, 5) is 1.12. The van der Waals surface area contributed by atoms with Crippen LogP contribution in [0.5, 0.6) is 0 Å². The highest BCUT2D eigenvalue weighted by atomic mass is 32.2. The van der Waals surface area contributed by atoms with Crippen LogP contribution in [0.2, 0.25) is 0 Å². The van der Waals surface area contributed by atoms with Gasteiger partial charge in [0.05, 0.1) is 6.10 Å². The van der Waals surface area contributed by atoms with Crippen LogP contribution in [0.15, 0.2) is 23.1 Å². The Labute approximate surface area is 106 Å². The molecule has 0 spiro atoms. The average molecular weight is 250 g/mol. The van der Waals surface area contributed by atoms with E-state index in [-0.39, 0.29) is 5.84 Å². The smallest absolute Gasteiger partial charge is 0.123 e. The van der Waals surface area contributed by atoms with Crippen molar-refractivity contribution in [1.29, 1.82) is 5.41 Å². The molecule has 1 aliphatic heterocycles. The van der Waals surface area contributed by atoms with E-state index in [1.165, 1.54) is 12.0 Å². The number of aryl methyl sites for hydroxylation is 1. The maximum atomic E-state index is 7.59. The van der Waals surface area contributed by atoms with Crippen molar-refractivity contribution in [3.05, 3.63) is 29.3 Å². The van der Waals surface area contributed by atoms with Crippen molar-refractivity contribution < 1.29 is 4.74 Å². The van der Waals surface area contributed by atoms with Gasteiger partial charge in [0.15, 0.2) is 0 Å². The number of thioether (sulfide) groups is 1. The van der Waals surface area contributed by atoms with Gasteiger partial charge < -0.3 is 10.5 Å². The van der Waals surface area contributed by atoms with Crippen molar-refractivity contribution in [3.63, 3.8) is 0 Å². The molecule has 0 saturated carbocycles. The predicted molar refractivity (Wildman–Crippen MR) is 71.9 cm³/mol. The number of ether oxygens (including phenoxy) is 1. The summed E-state index contributed by atoms with van der Waals surface area (Å²) in [5, 5.41) is 7.59. The van der Waals surface area contributed by atoms with Gasteiger partial charge in [0.2, 0.25) is 0 Å². The Bertz CT molecular complexity index is 414. The molecule has 0 bridgehead atoms. The van der Waals surface area contributed by atoms with E-state index in [4.69, 9.17) is 15.9 Å². The van der Waals surface area contributed by atoms with E-state index >= 15 is 0 Å². The largest absolute Gasteiger partial charge is 0.384 e. The van der Waals surface area contributed by atoms with E-state index < -0.39 is 0 Å². The zero-order valence-electron chi connectivity index (χ0n) is 10.0. The molecule has 1 aromatic carbocycles. The second-order valence-corrected chi connectivity index (χ2v) is 5.34. The summed E-state index contributed by atoms with van der Waals surface area (Å²) >= 11 is 1.75. The van der Waals surface area contributed by atoms with Gasteiger partial charge in [-0.25, -0.2) is 0 Å². The van der Waals surface area contributed by atoms with Crippen molar-refractivity contribution in [2.24, 2.45) is 5.73 Å². The summed E-state index contributed by atoms with van der Waals surface area (Å²) in [5.74, 6) is 1.09. The minimum Gasteiger partial charge on any atom is -0.384 e. The summed E-state index contributed by atoms with van der Waals surface area (Å²) in [6.07, 6.45) is 2.67. The lowest BCUT2D eigenvalue weighted by Crippen LogP contribution is -2.14. The van der Waals surface area contributed by atoms with Gasteiger partial charge in [0.25, 0.3) is 0 Å². The quantitative estimate of drug-likeness (QED) is 0.490. The van der Waals surface area contributed by atoms with Gasteiger partial charge in [-0.15, -0.1) is 11.8 Å². The molecule has 0 aromatic heterocycles. The number of amidine groups is 1. The molecule has 1 unspecified atom stereocenters. The molecule has 1 aliphatic rings. The number of rotatable bonds is 4. The molecule has 92 valence electrons. The van der Waals surface area contributed by atoms with Gasteiger partial charge in [0, 0.05) is 22.8 Å². The van der Waals surface area contributed by atoms with E-state index in [9.17, 15) is 0 Å². The Morgan fingerprint density at radius 3 is 3.06 bits per heavy atom.